The number of anilines is 1. The van der Waals surface area contributed by atoms with E-state index in [1.54, 1.807) is 25.7 Å². The Morgan fingerprint density at radius 2 is 1.85 bits per heavy atom. The molecule has 0 amide bonds. The SMILES string of the molecule is Cc1nn(C)c(C(=O)OCc2c(Br)c(C)nn2C)c1N. The molecule has 2 rings (SSSR count). The van der Waals surface area contributed by atoms with E-state index < -0.39 is 5.97 Å². The van der Waals surface area contributed by atoms with Crippen LogP contribution in [-0.4, -0.2) is 25.5 Å². The Morgan fingerprint density at radius 1 is 1.25 bits per heavy atom. The molecule has 0 saturated heterocycles. The van der Waals surface area contributed by atoms with E-state index >= 15 is 0 Å². The lowest BCUT2D eigenvalue weighted by molar-refractivity contribution is 0.0451. The highest BCUT2D eigenvalue weighted by molar-refractivity contribution is 9.10. The number of nitrogens with zero attached hydrogens (tertiary/aromatic N) is 4. The summed E-state index contributed by atoms with van der Waals surface area (Å²) in [5.41, 5.74) is 8.67. The minimum Gasteiger partial charge on any atom is -0.454 e. The first-order valence-electron chi connectivity index (χ1n) is 5.97. The molecule has 2 heterocycles. The molecule has 0 aliphatic heterocycles. The van der Waals surface area contributed by atoms with E-state index in [1.807, 2.05) is 6.92 Å². The topological polar surface area (TPSA) is 88.0 Å². The largest absolute Gasteiger partial charge is 0.454 e. The maximum Gasteiger partial charge on any atom is 0.359 e. The molecule has 0 bridgehead atoms. The smallest absolute Gasteiger partial charge is 0.359 e. The number of rotatable bonds is 3. The molecule has 8 heteroatoms. The molecular formula is C12H16BrN5O2. The van der Waals surface area contributed by atoms with Gasteiger partial charge in [-0.25, -0.2) is 4.79 Å². The van der Waals surface area contributed by atoms with Crippen LogP contribution in [0.1, 0.15) is 27.6 Å². The van der Waals surface area contributed by atoms with Crippen molar-refractivity contribution < 1.29 is 9.53 Å². The zero-order valence-corrected chi connectivity index (χ0v) is 13.4. The highest BCUT2D eigenvalue weighted by Crippen LogP contribution is 2.22. The van der Waals surface area contributed by atoms with Crippen LogP contribution in [0.15, 0.2) is 4.47 Å². The van der Waals surface area contributed by atoms with Crippen molar-refractivity contribution in [1.82, 2.24) is 19.6 Å². The fourth-order valence-corrected chi connectivity index (χ4v) is 2.41. The zero-order chi connectivity index (χ0) is 15.0. The molecule has 0 aliphatic rings. The number of carbonyl (C=O) groups excluding carboxylic acids is 1. The van der Waals surface area contributed by atoms with Crippen molar-refractivity contribution in [1.29, 1.82) is 0 Å². The fraction of sp³-hybridized carbons (Fsp3) is 0.417. The van der Waals surface area contributed by atoms with Crippen LogP contribution in [0, 0.1) is 13.8 Å². The Kier molecular flexibility index (Phi) is 3.85. The maximum absolute atomic E-state index is 12.1. The van der Waals surface area contributed by atoms with Crippen LogP contribution in [0.2, 0.25) is 0 Å². The number of halogens is 1. The molecule has 0 radical (unpaired) electrons. The first-order valence-corrected chi connectivity index (χ1v) is 6.76. The minimum atomic E-state index is -0.503. The number of esters is 1. The average Bonchev–Trinajstić information content (AvgIpc) is 2.75. The predicted molar refractivity (Wildman–Crippen MR) is 77.1 cm³/mol. The van der Waals surface area contributed by atoms with E-state index in [1.165, 1.54) is 4.68 Å². The van der Waals surface area contributed by atoms with Crippen molar-refractivity contribution in [2.45, 2.75) is 20.5 Å². The van der Waals surface area contributed by atoms with Gasteiger partial charge in [0.1, 0.15) is 6.61 Å². The van der Waals surface area contributed by atoms with Gasteiger partial charge >= 0.3 is 5.97 Å². The van der Waals surface area contributed by atoms with Gasteiger partial charge in [-0.15, -0.1) is 0 Å². The van der Waals surface area contributed by atoms with E-state index in [2.05, 4.69) is 26.1 Å². The highest BCUT2D eigenvalue weighted by Gasteiger charge is 2.20. The lowest BCUT2D eigenvalue weighted by Crippen LogP contribution is -2.14. The number of nitrogen functional groups attached to an aromatic ring is 1. The van der Waals surface area contributed by atoms with Gasteiger partial charge in [0.05, 0.1) is 27.2 Å². The van der Waals surface area contributed by atoms with Crippen LogP contribution in [0.25, 0.3) is 0 Å². The van der Waals surface area contributed by atoms with Gasteiger partial charge in [0.25, 0.3) is 0 Å². The summed E-state index contributed by atoms with van der Waals surface area (Å²) in [5.74, 6) is -0.503. The summed E-state index contributed by atoms with van der Waals surface area (Å²) in [6, 6.07) is 0. The standard InChI is InChI=1S/C12H16BrN5O2/c1-6-9(13)8(17(3)15-6)5-20-12(19)11-10(14)7(2)16-18(11)4/h5,14H2,1-4H3. The summed E-state index contributed by atoms with van der Waals surface area (Å²) < 4.78 is 9.23. The van der Waals surface area contributed by atoms with E-state index in [4.69, 9.17) is 10.5 Å². The third kappa shape index (κ3) is 2.43. The third-order valence-electron chi connectivity index (χ3n) is 3.06. The van der Waals surface area contributed by atoms with Gasteiger partial charge in [-0.3, -0.25) is 9.36 Å². The number of aromatic nitrogens is 4. The van der Waals surface area contributed by atoms with Gasteiger partial charge in [0.2, 0.25) is 0 Å². The summed E-state index contributed by atoms with van der Waals surface area (Å²) in [6.45, 7) is 3.73. The number of carbonyl (C=O) groups is 1. The summed E-state index contributed by atoms with van der Waals surface area (Å²) >= 11 is 3.42. The van der Waals surface area contributed by atoms with Crippen LogP contribution in [0.3, 0.4) is 0 Å². The van der Waals surface area contributed by atoms with Crippen molar-refractivity contribution in [3.8, 4) is 0 Å². The number of ether oxygens (including phenoxy) is 1. The van der Waals surface area contributed by atoms with Gasteiger partial charge in [0.15, 0.2) is 5.69 Å². The normalized spacial score (nSPS) is 10.8. The minimum absolute atomic E-state index is 0.112. The Bertz CT molecular complexity index is 674. The Labute approximate surface area is 124 Å². The molecule has 108 valence electrons. The van der Waals surface area contributed by atoms with Gasteiger partial charge in [-0.2, -0.15) is 10.2 Å². The summed E-state index contributed by atoms with van der Waals surface area (Å²) in [7, 11) is 3.45. The second-order valence-electron chi connectivity index (χ2n) is 4.52. The van der Waals surface area contributed by atoms with E-state index in [9.17, 15) is 4.79 Å². The molecule has 2 N–H and O–H groups in total. The van der Waals surface area contributed by atoms with E-state index in [0.29, 0.717) is 11.4 Å². The monoisotopic (exact) mass is 341 g/mol. The molecule has 0 atom stereocenters. The second kappa shape index (κ2) is 5.28. The van der Waals surface area contributed by atoms with E-state index in [0.717, 1.165) is 15.9 Å². The number of hydrogen-bond acceptors (Lipinski definition) is 5. The Balaban J connectivity index is 2.17. The molecule has 0 spiro atoms. The molecule has 7 nitrogen and oxygen atoms in total. The van der Waals surface area contributed by atoms with Crippen molar-refractivity contribution in [3.63, 3.8) is 0 Å². The molecular weight excluding hydrogens is 326 g/mol. The number of hydrogen-bond donors (Lipinski definition) is 1. The molecule has 2 aromatic rings. The van der Waals surface area contributed by atoms with Crippen molar-refractivity contribution in [3.05, 3.63) is 27.2 Å². The van der Waals surface area contributed by atoms with Gasteiger partial charge in [0, 0.05) is 14.1 Å². The highest BCUT2D eigenvalue weighted by atomic mass is 79.9. The third-order valence-corrected chi connectivity index (χ3v) is 4.09. The number of nitrogens with two attached hydrogens (primary N) is 1. The molecule has 0 aromatic carbocycles. The zero-order valence-electron chi connectivity index (χ0n) is 11.8. The van der Waals surface area contributed by atoms with Crippen molar-refractivity contribution in [2.24, 2.45) is 14.1 Å². The molecule has 0 fully saturated rings. The Morgan fingerprint density at radius 3 is 2.30 bits per heavy atom. The molecule has 0 saturated carbocycles. The first-order chi connectivity index (χ1) is 9.32. The van der Waals surface area contributed by atoms with Gasteiger partial charge < -0.3 is 10.5 Å². The molecule has 2 aromatic heterocycles. The maximum atomic E-state index is 12.1. The molecule has 0 aliphatic carbocycles. The van der Waals surface area contributed by atoms with E-state index in [-0.39, 0.29) is 12.3 Å². The lowest BCUT2D eigenvalue weighted by atomic mass is 10.3. The van der Waals surface area contributed by atoms with Gasteiger partial charge in [-0.1, -0.05) is 0 Å². The average molecular weight is 342 g/mol. The van der Waals surface area contributed by atoms with Crippen LogP contribution in [0.4, 0.5) is 5.69 Å². The van der Waals surface area contributed by atoms with Crippen molar-refractivity contribution >= 4 is 27.6 Å². The molecule has 0 unspecified atom stereocenters. The molecule has 20 heavy (non-hydrogen) atoms. The quantitative estimate of drug-likeness (QED) is 0.854. The van der Waals surface area contributed by atoms with Gasteiger partial charge in [-0.05, 0) is 29.8 Å². The van der Waals surface area contributed by atoms with Crippen LogP contribution in [-0.2, 0) is 25.4 Å². The first kappa shape index (κ1) is 14.6. The fourth-order valence-electron chi connectivity index (χ4n) is 1.96. The van der Waals surface area contributed by atoms with Crippen LogP contribution in [0.5, 0.6) is 0 Å². The summed E-state index contributed by atoms with van der Waals surface area (Å²) in [5, 5.41) is 8.33. The second-order valence-corrected chi connectivity index (χ2v) is 5.31. The predicted octanol–water partition coefficient (Wildman–Crippen LogP) is 1.47. The number of aryl methyl sites for hydroxylation is 4. The summed E-state index contributed by atoms with van der Waals surface area (Å²) in [4.78, 5) is 12.1. The lowest BCUT2D eigenvalue weighted by Gasteiger charge is -2.06. The van der Waals surface area contributed by atoms with Crippen LogP contribution >= 0.6 is 15.9 Å². The Hall–Kier alpha value is -1.83. The van der Waals surface area contributed by atoms with Crippen LogP contribution < -0.4 is 5.73 Å². The summed E-state index contributed by atoms with van der Waals surface area (Å²) in [6.07, 6.45) is 0. The van der Waals surface area contributed by atoms with Crippen molar-refractivity contribution in [2.75, 3.05) is 5.73 Å².